The van der Waals surface area contributed by atoms with Crippen LogP contribution in [0.25, 0.3) is 0 Å². The fraction of sp³-hybridized carbons (Fsp3) is 1.00. The summed E-state index contributed by atoms with van der Waals surface area (Å²) < 4.78 is 5.64. The number of rotatable bonds is 6. The Morgan fingerprint density at radius 2 is 2.31 bits per heavy atom. The van der Waals surface area contributed by atoms with Gasteiger partial charge in [-0.05, 0) is 38.3 Å². The van der Waals surface area contributed by atoms with Gasteiger partial charge in [0.2, 0.25) is 0 Å². The van der Waals surface area contributed by atoms with Crippen molar-refractivity contribution in [3.63, 3.8) is 0 Å². The molecule has 1 aliphatic rings. The Labute approximate surface area is 82.0 Å². The number of ether oxygens (including phenoxy) is 1. The monoisotopic (exact) mass is 185 g/mol. The van der Waals surface area contributed by atoms with Crippen LogP contribution < -0.4 is 5.32 Å². The second kappa shape index (κ2) is 6.39. The zero-order valence-electron chi connectivity index (χ0n) is 9.01. The van der Waals surface area contributed by atoms with Crippen LogP contribution in [0.2, 0.25) is 0 Å². The van der Waals surface area contributed by atoms with Crippen molar-refractivity contribution >= 4 is 0 Å². The predicted octanol–water partition coefficient (Wildman–Crippen LogP) is 2.19. The van der Waals surface area contributed by atoms with Crippen molar-refractivity contribution in [1.29, 1.82) is 0 Å². The lowest BCUT2D eigenvalue weighted by molar-refractivity contribution is 0.0887. The van der Waals surface area contributed by atoms with Crippen LogP contribution in [-0.2, 0) is 4.74 Å². The summed E-state index contributed by atoms with van der Waals surface area (Å²) in [5, 5.41) is 3.42. The molecular weight excluding hydrogens is 162 g/mol. The standard InChI is InChI=1S/C11H23NO/c1-3-10(9-12-4-2)8-11-6-5-7-13-11/h10-12H,3-9H2,1-2H3. The fourth-order valence-electron chi connectivity index (χ4n) is 1.94. The fourth-order valence-corrected chi connectivity index (χ4v) is 1.94. The topological polar surface area (TPSA) is 21.3 Å². The molecule has 0 aromatic rings. The molecule has 0 spiro atoms. The van der Waals surface area contributed by atoms with E-state index >= 15 is 0 Å². The summed E-state index contributed by atoms with van der Waals surface area (Å²) >= 11 is 0. The third kappa shape index (κ3) is 4.10. The Morgan fingerprint density at radius 3 is 2.85 bits per heavy atom. The highest BCUT2D eigenvalue weighted by Crippen LogP contribution is 2.21. The van der Waals surface area contributed by atoms with Gasteiger partial charge in [-0.2, -0.15) is 0 Å². The van der Waals surface area contributed by atoms with Crippen LogP contribution in [0.15, 0.2) is 0 Å². The van der Waals surface area contributed by atoms with Gasteiger partial charge in [0.1, 0.15) is 0 Å². The summed E-state index contributed by atoms with van der Waals surface area (Å²) in [4.78, 5) is 0. The van der Waals surface area contributed by atoms with E-state index in [-0.39, 0.29) is 0 Å². The van der Waals surface area contributed by atoms with Gasteiger partial charge in [-0.1, -0.05) is 20.3 Å². The first kappa shape index (κ1) is 11.0. The van der Waals surface area contributed by atoms with Crippen LogP contribution in [0.4, 0.5) is 0 Å². The third-order valence-electron chi connectivity index (χ3n) is 2.88. The zero-order valence-corrected chi connectivity index (χ0v) is 9.01. The first-order valence-electron chi connectivity index (χ1n) is 5.69. The number of hydrogen-bond acceptors (Lipinski definition) is 2. The molecule has 2 unspecified atom stereocenters. The molecule has 2 atom stereocenters. The average molecular weight is 185 g/mol. The largest absolute Gasteiger partial charge is 0.378 e. The Hall–Kier alpha value is -0.0800. The van der Waals surface area contributed by atoms with E-state index in [4.69, 9.17) is 4.74 Å². The van der Waals surface area contributed by atoms with Gasteiger partial charge >= 0.3 is 0 Å². The van der Waals surface area contributed by atoms with Crippen molar-refractivity contribution in [2.24, 2.45) is 5.92 Å². The van der Waals surface area contributed by atoms with Gasteiger partial charge < -0.3 is 10.1 Å². The third-order valence-corrected chi connectivity index (χ3v) is 2.88. The summed E-state index contributed by atoms with van der Waals surface area (Å²) in [6.45, 7) is 7.67. The lowest BCUT2D eigenvalue weighted by atomic mass is 9.97. The van der Waals surface area contributed by atoms with Crippen LogP contribution in [0.5, 0.6) is 0 Å². The summed E-state index contributed by atoms with van der Waals surface area (Å²) in [7, 11) is 0. The van der Waals surface area contributed by atoms with Crippen LogP contribution in [-0.4, -0.2) is 25.8 Å². The lowest BCUT2D eigenvalue weighted by Gasteiger charge is -2.18. The Morgan fingerprint density at radius 1 is 1.46 bits per heavy atom. The molecule has 13 heavy (non-hydrogen) atoms. The van der Waals surface area contributed by atoms with Crippen LogP contribution in [0.1, 0.15) is 39.5 Å². The van der Waals surface area contributed by atoms with Crippen molar-refractivity contribution in [2.75, 3.05) is 19.7 Å². The normalized spacial score (nSPS) is 24.9. The van der Waals surface area contributed by atoms with Gasteiger partial charge in [0.15, 0.2) is 0 Å². The first-order chi connectivity index (χ1) is 6.36. The van der Waals surface area contributed by atoms with Gasteiger partial charge in [0, 0.05) is 6.61 Å². The Kier molecular flexibility index (Phi) is 5.40. The van der Waals surface area contributed by atoms with Crippen molar-refractivity contribution in [3.8, 4) is 0 Å². The lowest BCUT2D eigenvalue weighted by Crippen LogP contribution is -2.25. The van der Waals surface area contributed by atoms with Crippen molar-refractivity contribution in [3.05, 3.63) is 0 Å². The maximum atomic E-state index is 5.64. The highest BCUT2D eigenvalue weighted by atomic mass is 16.5. The van der Waals surface area contributed by atoms with E-state index in [0.29, 0.717) is 6.10 Å². The van der Waals surface area contributed by atoms with Gasteiger partial charge in [0.25, 0.3) is 0 Å². The molecule has 0 aliphatic carbocycles. The second-order valence-electron chi connectivity index (χ2n) is 3.95. The second-order valence-corrected chi connectivity index (χ2v) is 3.95. The molecular formula is C11H23NO. The van der Waals surface area contributed by atoms with Gasteiger partial charge in [0.05, 0.1) is 6.10 Å². The minimum atomic E-state index is 0.559. The molecule has 0 saturated carbocycles. The van der Waals surface area contributed by atoms with Crippen LogP contribution >= 0.6 is 0 Å². The molecule has 1 aliphatic heterocycles. The quantitative estimate of drug-likeness (QED) is 0.685. The first-order valence-corrected chi connectivity index (χ1v) is 5.69. The molecule has 0 amide bonds. The maximum Gasteiger partial charge on any atom is 0.0579 e. The van der Waals surface area contributed by atoms with E-state index in [1.54, 1.807) is 0 Å². The van der Waals surface area contributed by atoms with Crippen molar-refractivity contribution < 1.29 is 4.74 Å². The molecule has 1 rings (SSSR count). The highest BCUT2D eigenvalue weighted by Gasteiger charge is 2.19. The van der Waals surface area contributed by atoms with Gasteiger partial charge in [-0.15, -0.1) is 0 Å². The van der Waals surface area contributed by atoms with E-state index in [1.807, 2.05) is 0 Å². The van der Waals surface area contributed by atoms with Gasteiger partial charge in [-0.3, -0.25) is 0 Å². The summed E-state index contributed by atoms with van der Waals surface area (Å²) in [5.74, 6) is 0.808. The SMILES string of the molecule is CCNCC(CC)CC1CCCO1. The Bertz CT molecular complexity index is 121. The summed E-state index contributed by atoms with van der Waals surface area (Å²) in [6, 6.07) is 0. The predicted molar refractivity (Wildman–Crippen MR) is 55.9 cm³/mol. The number of hydrogen-bond donors (Lipinski definition) is 1. The van der Waals surface area contributed by atoms with E-state index in [0.717, 1.165) is 25.6 Å². The van der Waals surface area contributed by atoms with E-state index in [9.17, 15) is 0 Å². The molecule has 78 valence electrons. The van der Waals surface area contributed by atoms with Gasteiger partial charge in [-0.25, -0.2) is 0 Å². The minimum Gasteiger partial charge on any atom is -0.378 e. The molecule has 2 heteroatoms. The molecule has 1 N–H and O–H groups in total. The Balaban J connectivity index is 2.13. The highest BCUT2D eigenvalue weighted by molar-refractivity contribution is 4.71. The number of nitrogens with one attached hydrogen (secondary N) is 1. The summed E-state index contributed by atoms with van der Waals surface area (Å²) in [5.41, 5.74) is 0. The summed E-state index contributed by atoms with van der Waals surface area (Å²) in [6.07, 6.45) is 5.63. The smallest absolute Gasteiger partial charge is 0.0579 e. The molecule has 2 nitrogen and oxygen atoms in total. The van der Waals surface area contributed by atoms with Crippen molar-refractivity contribution in [1.82, 2.24) is 5.32 Å². The minimum absolute atomic E-state index is 0.559. The average Bonchev–Trinajstić information content (AvgIpc) is 2.64. The molecule has 0 aromatic heterocycles. The molecule has 1 fully saturated rings. The van der Waals surface area contributed by atoms with E-state index in [2.05, 4.69) is 19.2 Å². The van der Waals surface area contributed by atoms with Crippen LogP contribution in [0, 0.1) is 5.92 Å². The maximum absolute atomic E-state index is 5.64. The zero-order chi connectivity index (χ0) is 9.52. The molecule has 0 aromatic carbocycles. The molecule has 0 radical (unpaired) electrons. The molecule has 1 saturated heterocycles. The van der Waals surface area contributed by atoms with Crippen molar-refractivity contribution in [2.45, 2.75) is 45.6 Å². The molecule has 0 bridgehead atoms. The molecule has 1 heterocycles. The van der Waals surface area contributed by atoms with E-state index < -0.39 is 0 Å². The van der Waals surface area contributed by atoms with E-state index in [1.165, 1.54) is 25.7 Å². The van der Waals surface area contributed by atoms with Crippen LogP contribution in [0.3, 0.4) is 0 Å².